The summed E-state index contributed by atoms with van der Waals surface area (Å²) in [6, 6.07) is 22.5. The van der Waals surface area contributed by atoms with E-state index in [1.54, 1.807) is 24.3 Å². The van der Waals surface area contributed by atoms with Gasteiger partial charge in [-0.05, 0) is 53.8 Å². The maximum absolute atomic E-state index is 14.0. The van der Waals surface area contributed by atoms with Gasteiger partial charge >= 0.3 is 0 Å². The predicted octanol–water partition coefficient (Wildman–Crippen LogP) is 4.83. The maximum atomic E-state index is 14.0. The van der Waals surface area contributed by atoms with Gasteiger partial charge in [-0.25, -0.2) is 8.42 Å². The molecule has 3 aromatic carbocycles. The minimum atomic E-state index is -3.82. The van der Waals surface area contributed by atoms with Crippen LogP contribution in [0.25, 0.3) is 0 Å². The number of carbonyl (C=O) groups is 2. The highest BCUT2D eigenvalue weighted by molar-refractivity contribution is 7.92. The van der Waals surface area contributed by atoms with Gasteiger partial charge in [-0.2, -0.15) is 0 Å². The number of amides is 2. The molecule has 0 unspecified atom stereocenters. The highest BCUT2D eigenvalue weighted by Crippen LogP contribution is 2.23. The summed E-state index contributed by atoms with van der Waals surface area (Å²) >= 11 is 6.01. The Labute approximate surface area is 236 Å². The highest BCUT2D eigenvalue weighted by Gasteiger charge is 2.33. The van der Waals surface area contributed by atoms with Crippen LogP contribution >= 0.6 is 11.6 Å². The molecule has 3 aromatic rings. The van der Waals surface area contributed by atoms with Gasteiger partial charge in [-0.1, -0.05) is 80.0 Å². The molecular weight excluding hydrogens is 534 g/mol. The lowest BCUT2D eigenvalue weighted by Gasteiger charge is -2.34. The van der Waals surface area contributed by atoms with Crippen LogP contribution in [-0.2, 0) is 32.6 Å². The number of hydrogen-bond donors (Lipinski definition) is 1. The average molecular weight is 570 g/mol. The zero-order valence-corrected chi connectivity index (χ0v) is 24.4. The minimum Gasteiger partial charge on any atom is -0.354 e. The second-order valence-corrected chi connectivity index (χ2v) is 12.4. The molecule has 0 saturated heterocycles. The zero-order valence-electron chi connectivity index (χ0n) is 22.8. The normalized spacial score (nSPS) is 12.2. The standard InChI is InChI=1S/C30H36ClN3O4S/c1-22(2)19-32-30(36)28(18-24-11-6-5-7-12-24)33(20-25-13-9-8-10-23(25)3)29(35)21-34(39(4,37)38)27-16-14-26(31)15-17-27/h5-17,22,28H,18-21H2,1-4H3,(H,32,36)/t28-/m0/s1. The monoisotopic (exact) mass is 569 g/mol. The van der Waals surface area contributed by atoms with Crippen molar-refractivity contribution in [3.8, 4) is 0 Å². The molecule has 1 atom stereocenters. The first-order valence-electron chi connectivity index (χ1n) is 12.8. The van der Waals surface area contributed by atoms with E-state index in [-0.39, 0.29) is 24.8 Å². The number of hydrogen-bond acceptors (Lipinski definition) is 4. The van der Waals surface area contributed by atoms with E-state index in [4.69, 9.17) is 11.6 Å². The highest BCUT2D eigenvalue weighted by atomic mass is 35.5. The van der Waals surface area contributed by atoms with Crippen molar-refractivity contribution in [2.45, 2.75) is 39.8 Å². The molecule has 7 nitrogen and oxygen atoms in total. The van der Waals surface area contributed by atoms with Crippen LogP contribution in [0.5, 0.6) is 0 Å². The molecule has 0 fully saturated rings. The Morgan fingerprint density at radius 1 is 0.923 bits per heavy atom. The molecule has 0 bridgehead atoms. The molecule has 0 heterocycles. The van der Waals surface area contributed by atoms with Crippen LogP contribution in [0.15, 0.2) is 78.9 Å². The van der Waals surface area contributed by atoms with Crippen LogP contribution in [0.3, 0.4) is 0 Å². The summed E-state index contributed by atoms with van der Waals surface area (Å²) in [4.78, 5) is 29.2. The third-order valence-corrected chi connectivity index (χ3v) is 7.74. The summed E-state index contributed by atoms with van der Waals surface area (Å²) < 4.78 is 26.6. The predicted molar refractivity (Wildman–Crippen MR) is 157 cm³/mol. The number of nitrogens with one attached hydrogen (secondary N) is 1. The first kappa shape index (κ1) is 30.2. The number of anilines is 1. The van der Waals surface area contributed by atoms with Gasteiger partial charge in [-0.3, -0.25) is 13.9 Å². The van der Waals surface area contributed by atoms with Crippen molar-refractivity contribution >= 4 is 39.1 Å². The number of carbonyl (C=O) groups excluding carboxylic acids is 2. The van der Waals surface area contributed by atoms with Gasteiger partial charge in [0.2, 0.25) is 21.8 Å². The zero-order chi connectivity index (χ0) is 28.6. The van der Waals surface area contributed by atoms with Crippen LogP contribution in [-0.4, -0.2) is 50.5 Å². The van der Waals surface area contributed by atoms with E-state index in [1.807, 2.05) is 75.4 Å². The Kier molecular flexibility index (Phi) is 10.5. The Bertz CT molecular complexity index is 1360. The van der Waals surface area contributed by atoms with Crippen LogP contribution in [0.1, 0.15) is 30.5 Å². The van der Waals surface area contributed by atoms with Gasteiger partial charge in [0.25, 0.3) is 0 Å². The first-order chi connectivity index (χ1) is 18.5. The van der Waals surface area contributed by atoms with Gasteiger partial charge in [0.15, 0.2) is 0 Å². The van der Waals surface area contributed by atoms with Crippen LogP contribution < -0.4 is 9.62 Å². The van der Waals surface area contributed by atoms with Crippen molar-refractivity contribution in [1.82, 2.24) is 10.2 Å². The minimum absolute atomic E-state index is 0.149. The van der Waals surface area contributed by atoms with Crippen LogP contribution in [0.4, 0.5) is 5.69 Å². The van der Waals surface area contributed by atoms with E-state index in [2.05, 4.69) is 5.32 Å². The third-order valence-electron chi connectivity index (χ3n) is 6.35. The lowest BCUT2D eigenvalue weighted by atomic mass is 10.0. The summed E-state index contributed by atoms with van der Waals surface area (Å²) in [5, 5.41) is 3.43. The Morgan fingerprint density at radius 3 is 2.13 bits per heavy atom. The van der Waals surface area contributed by atoms with Gasteiger partial charge in [0, 0.05) is 24.5 Å². The van der Waals surface area contributed by atoms with Crippen molar-refractivity contribution in [2.24, 2.45) is 5.92 Å². The average Bonchev–Trinajstić information content (AvgIpc) is 2.89. The van der Waals surface area contributed by atoms with E-state index in [1.165, 1.54) is 4.90 Å². The molecule has 0 aliphatic rings. The van der Waals surface area contributed by atoms with E-state index < -0.39 is 28.5 Å². The lowest BCUT2D eigenvalue weighted by molar-refractivity contribution is -0.140. The molecule has 1 N–H and O–H groups in total. The Morgan fingerprint density at radius 2 is 1.54 bits per heavy atom. The second kappa shape index (κ2) is 13.6. The number of benzene rings is 3. The second-order valence-electron chi connectivity index (χ2n) is 10.0. The van der Waals surface area contributed by atoms with Crippen molar-refractivity contribution in [2.75, 3.05) is 23.7 Å². The molecule has 9 heteroatoms. The third kappa shape index (κ3) is 8.83. The van der Waals surface area contributed by atoms with Crippen molar-refractivity contribution < 1.29 is 18.0 Å². The van der Waals surface area contributed by atoms with Crippen molar-refractivity contribution in [1.29, 1.82) is 0 Å². The van der Waals surface area contributed by atoms with Gasteiger partial charge < -0.3 is 10.2 Å². The number of rotatable bonds is 12. The summed E-state index contributed by atoms with van der Waals surface area (Å²) in [5.41, 5.74) is 3.05. The fraction of sp³-hybridized carbons (Fsp3) is 0.333. The van der Waals surface area contributed by atoms with Gasteiger partial charge in [0.05, 0.1) is 11.9 Å². The molecule has 2 amide bonds. The summed E-state index contributed by atoms with van der Waals surface area (Å²) in [5.74, 6) is -0.552. The SMILES string of the molecule is Cc1ccccc1CN(C(=O)CN(c1ccc(Cl)cc1)S(C)(=O)=O)[C@@H](Cc1ccccc1)C(=O)NCC(C)C. The molecule has 0 aliphatic heterocycles. The lowest BCUT2D eigenvalue weighted by Crippen LogP contribution is -2.53. The van der Waals surface area contributed by atoms with Crippen LogP contribution in [0, 0.1) is 12.8 Å². The molecule has 0 aliphatic carbocycles. The van der Waals surface area contributed by atoms with Crippen molar-refractivity contribution in [3.05, 3.63) is 101 Å². The Hall–Kier alpha value is -3.36. The molecular formula is C30H36ClN3O4S. The van der Waals surface area contributed by atoms with Gasteiger partial charge in [-0.15, -0.1) is 0 Å². The van der Waals surface area contributed by atoms with E-state index in [9.17, 15) is 18.0 Å². The number of nitrogens with zero attached hydrogens (tertiary/aromatic N) is 2. The summed E-state index contributed by atoms with van der Waals surface area (Å²) in [6.45, 7) is 6.08. The fourth-order valence-corrected chi connectivity index (χ4v) is 5.14. The smallest absolute Gasteiger partial charge is 0.244 e. The Balaban J connectivity index is 2.05. The summed E-state index contributed by atoms with van der Waals surface area (Å²) in [7, 11) is -3.82. The maximum Gasteiger partial charge on any atom is 0.244 e. The number of halogens is 1. The first-order valence-corrected chi connectivity index (χ1v) is 15.1. The topological polar surface area (TPSA) is 86.8 Å². The molecule has 3 rings (SSSR count). The van der Waals surface area contributed by atoms with E-state index in [0.29, 0.717) is 17.3 Å². The number of sulfonamides is 1. The number of aryl methyl sites for hydroxylation is 1. The fourth-order valence-electron chi connectivity index (χ4n) is 4.17. The van der Waals surface area contributed by atoms with Gasteiger partial charge in [0.1, 0.15) is 12.6 Å². The van der Waals surface area contributed by atoms with Crippen LogP contribution in [0.2, 0.25) is 5.02 Å². The molecule has 0 saturated carbocycles. The molecule has 0 spiro atoms. The molecule has 0 radical (unpaired) electrons. The molecule has 0 aromatic heterocycles. The van der Waals surface area contributed by atoms with E-state index >= 15 is 0 Å². The molecule has 39 heavy (non-hydrogen) atoms. The quantitative estimate of drug-likeness (QED) is 0.338. The largest absolute Gasteiger partial charge is 0.354 e. The van der Waals surface area contributed by atoms with E-state index in [0.717, 1.165) is 27.3 Å². The van der Waals surface area contributed by atoms with Crippen molar-refractivity contribution in [3.63, 3.8) is 0 Å². The summed E-state index contributed by atoms with van der Waals surface area (Å²) in [6.07, 6.45) is 1.33. The molecule has 208 valence electrons.